The van der Waals surface area contributed by atoms with E-state index in [9.17, 15) is 9.59 Å². The Hall–Kier alpha value is -5.69. The molecule has 1 atom stereocenters. The van der Waals surface area contributed by atoms with Gasteiger partial charge in [0.2, 0.25) is 5.82 Å². The number of esters is 1. The number of hydrogen-bond donors (Lipinski definition) is 0. The van der Waals surface area contributed by atoms with Crippen molar-refractivity contribution in [1.29, 1.82) is 0 Å². The fourth-order valence-electron chi connectivity index (χ4n) is 6.43. The monoisotopic (exact) mass is 648 g/mol. The molecular formula is C42H40N4O3. The van der Waals surface area contributed by atoms with Crippen molar-refractivity contribution in [3.05, 3.63) is 162 Å². The van der Waals surface area contributed by atoms with Gasteiger partial charge in [-0.25, -0.2) is 0 Å². The van der Waals surface area contributed by atoms with Crippen molar-refractivity contribution in [2.45, 2.75) is 45.1 Å². The topological polar surface area (TPSA) is 87.0 Å². The molecule has 0 saturated carbocycles. The summed E-state index contributed by atoms with van der Waals surface area (Å²) in [6, 6.07) is 46.8. The van der Waals surface area contributed by atoms with Crippen molar-refractivity contribution in [2.24, 2.45) is 5.92 Å². The quantitative estimate of drug-likeness (QED) is 0.0671. The second kappa shape index (κ2) is 15.5. The predicted octanol–water partition coefficient (Wildman–Crippen LogP) is 8.33. The molecule has 6 aromatic rings. The van der Waals surface area contributed by atoms with E-state index in [1.807, 2.05) is 110 Å². The van der Waals surface area contributed by atoms with E-state index in [0.717, 1.165) is 51.8 Å². The summed E-state index contributed by atoms with van der Waals surface area (Å²) in [5, 5.41) is 14.5. The van der Waals surface area contributed by atoms with E-state index in [1.165, 1.54) is 0 Å². The Bertz CT molecular complexity index is 1880. The first-order chi connectivity index (χ1) is 24.1. The number of hydrogen-bond acceptors (Lipinski definition) is 6. The van der Waals surface area contributed by atoms with Gasteiger partial charge in [-0.1, -0.05) is 153 Å². The van der Waals surface area contributed by atoms with E-state index in [4.69, 9.17) is 15.0 Å². The summed E-state index contributed by atoms with van der Waals surface area (Å²) in [5.41, 5.74) is 5.78. The number of tetrazole rings is 1. The van der Waals surface area contributed by atoms with Gasteiger partial charge in [0.05, 0.1) is 6.61 Å². The molecule has 0 aliphatic heterocycles. The molecule has 0 spiro atoms. The van der Waals surface area contributed by atoms with Crippen LogP contribution in [0.4, 0.5) is 0 Å². The second-order valence-electron chi connectivity index (χ2n) is 12.0. The van der Waals surface area contributed by atoms with Gasteiger partial charge >= 0.3 is 5.97 Å². The summed E-state index contributed by atoms with van der Waals surface area (Å²) >= 11 is 0. The zero-order valence-corrected chi connectivity index (χ0v) is 27.9. The molecule has 0 fully saturated rings. The molecule has 0 aliphatic carbocycles. The molecule has 7 nitrogen and oxygen atoms in total. The lowest BCUT2D eigenvalue weighted by molar-refractivity contribution is -0.151. The lowest BCUT2D eigenvalue weighted by Gasteiger charge is -2.34. The largest absolute Gasteiger partial charge is 0.465 e. The molecule has 246 valence electrons. The third-order valence-corrected chi connectivity index (χ3v) is 8.90. The van der Waals surface area contributed by atoms with Crippen molar-refractivity contribution in [3.8, 4) is 22.5 Å². The van der Waals surface area contributed by atoms with Crippen LogP contribution < -0.4 is 0 Å². The number of rotatable bonds is 14. The predicted molar refractivity (Wildman–Crippen MR) is 192 cm³/mol. The van der Waals surface area contributed by atoms with Crippen molar-refractivity contribution in [3.63, 3.8) is 0 Å². The normalized spacial score (nSPS) is 12.0. The Morgan fingerprint density at radius 1 is 0.694 bits per heavy atom. The van der Waals surface area contributed by atoms with Gasteiger partial charge in [-0.05, 0) is 58.4 Å². The maximum absolute atomic E-state index is 12.9. The number of ketones is 1. The lowest BCUT2D eigenvalue weighted by atomic mass is 9.77. The van der Waals surface area contributed by atoms with Crippen molar-refractivity contribution in [2.75, 3.05) is 6.61 Å². The first-order valence-corrected chi connectivity index (χ1v) is 16.9. The van der Waals surface area contributed by atoms with Crippen LogP contribution in [0.15, 0.2) is 140 Å². The van der Waals surface area contributed by atoms with Gasteiger partial charge in [0, 0.05) is 12.0 Å². The third-order valence-electron chi connectivity index (χ3n) is 8.90. The molecule has 49 heavy (non-hydrogen) atoms. The number of benzene rings is 5. The van der Waals surface area contributed by atoms with Gasteiger partial charge < -0.3 is 4.74 Å². The molecule has 0 N–H and O–H groups in total. The van der Waals surface area contributed by atoms with E-state index in [1.54, 1.807) is 11.7 Å². The zero-order chi connectivity index (χ0) is 34.1. The molecule has 0 bridgehead atoms. The van der Waals surface area contributed by atoms with Gasteiger partial charge in [-0.3, -0.25) is 9.59 Å². The van der Waals surface area contributed by atoms with Crippen molar-refractivity contribution >= 4 is 11.8 Å². The van der Waals surface area contributed by atoms with Crippen LogP contribution in [0.3, 0.4) is 0 Å². The molecule has 7 heteroatoms. The zero-order valence-electron chi connectivity index (χ0n) is 27.9. The van der Waals surface area contributed by atoms with Crippen LogP contribution in [-0.2, 0) is 26.3 Å². The Morgan fingerprint density at radius 2 is 1.22 bits per heavy atom. The van der Waals surface area contributed by atoms with Gasteiger partial charge in [-0.15, -0.1) is 15.0 Å². The van der Waals surface area contributed by atoms with Gasteiger partial charge in [0.1, 0.15) is 11.7 Å². The summed E-state index contributed by atoms with van der Waals surface area (Å²) in [7, 11) is 0. The number of carbonyl (C=O) groups is 2. The Balaban J connectivity index is 1.38. The summed E-state index contributed by atoms with van der Waals surface area (Å²) in [5.74, 6) is -0.829. The fourth-order valence-corrected chi connectivity index (χ4v) is 6.43. The average Bonchev–Trinajstić information content (AvgIpc) is 3.65. The molecule has 1 unspecified atom stereocenters. The van der Waals surface area contributed by atoms with Crippen LogP contribution in [0.1, 0.15) is 55.4 Å². The third kappa shape index (κ3) is 6.97. The number of unbranched alkanes of at least 4 members (excludes halogenated alkanes) is 1. The first kappa shape index (κ1) is 33.2. The highest BCUT2D eigenvalue weighted by Gasteiger charge is 2.41. The van der Waals surface area contributed by atoms with Crippen LogP contribution in [-0.4, -0.2) is 38.6 Å². The van der Waals surface area contributed by atoms with Gasteiger partial charge in [0.25, 0.3) is 0 Å². The molecule has 1 heterocycles. The molecule has 6 rings (SSSR count). The molecule has 1 aromatic heterocycles. The number of aromatic nitrogens is 4. The molecular weight excluding hydrogens is 608 g/mol. The fraction of sp³-hybridized carbons (Fsp3) is 0.214. The highest BCUT2D eigenvalue weighted by molar-refractivity contribution is 5.99. The highest BCUT2D eigenvalue weighted by atomic mass is 16.5. The molecule has 0 radical (unpaired) electrons. The Kier molecular flexibility index (Phi) is 10.5. The number of ether oxygens (including phenoxy) is 1. The van der Waals surface area contributed by atoms with Crippen molar-refractivity contribution < 1.29 is 14.3 Å². The van der Waals surface area contributed by atoms with Crippen LogP contribution in [0.2, 0.25) is 0 Å². The maximum Gasteiger partial charge on any atom is 0.316 e. The minimum atomic E-state index is -0.879. The summed E-state index contributed by atoms with van der Waals surface area (Å²) in [6.45, 7) is 4.04. The van der Waals surface area contributed by atoms with E-state index in [0.29, 0.717) is 18.7 Å². The van der Waals surface area contributed by atoms with Gasteiger partial charge in [0.15, 0.2) is 5.54 Å². The van der Waals surface area contributed by atoms with Crippen LogP contribution >= 0.6 is 0 Å². The number of Topliss-reactive ketones (excluding diaryl/α,β-unsaturated/α-hetero) is 1. The molecule has 0 amide bonds. The minimum Gasteiger partial charge on any atom is -0.465 e. The summed E-state index contributed by atoms with van der Waals surface area (Å²) in [4.78, 5) is 27.4. The van der Waals surface area contributed by atoms with E-state index in [2.05, 4.69) is 41.5 Å². The van der Waals surface area contributed by atoms with E-state index >= 15 is 0 Å². The lowest BCUT2D eigenvalue weighted by Crippen LogP contribution is -2.39. The Labute approximate surface area is 287 Å². The number of nitrogens with zero attached hydrogens (tertiary/aromatic N) is 4. The minimum absolute atomic E-state index is 0.0681. The smallest absolute Gasteiger partial charge is 0.316 e. The van der Waals surface area contributed by atoms with Crippen LogP contribution in [0.5, 0.6) is 0 Å². The van der Waals surface area contributed by atoms with Crippen LogP contribution in [0, 0.1) is 5.92 Å². The highest BCUT2D eigenvalue weighted by Crippen LogP contribution is 2.40. The maximum atomic E-state index is 12.9. The molecule has 5 aromatic carbocycles. The number of carbonyl (C=O) groups excluding carboxylic acids is 2. The average molecular weight is 649 g/mol. The van der Waals surface area contributed by atoms with Gasteiger partial charge in [-0.2, -0.15) is 0 Å². The van der Waals surface area contributed by atoms with Crippen molar-refractivity contribution in [1.82, 2.24) is 20.2 Å². The van der Waals surface area contributed by atoms with E-state index in [-0.39, 0.29) is 12.4 Å². The summed E-state index contributed by atoms with van der Waals surface area (Å²) < 4.78 is 5.26. The SMILES string of the molecule is CCCCC(=O)C(Cc1ccc(-c2ccccc2-c2nnn(C(c3ccccc3)(c3ccccc3)c3ccccc3)n2)cc1)C(=O)OCC. The second-order valence-corrected chi connectivity index (χ2v) is 12.0. The van der Waals surface area contributed by atoms with Crippen LogP contribution in [0.25, 0.3) is 22.5 Å². The standard InChI is InChI=1S/C42H40N4O3/c1-3-5-25-39(47)38(41(48)49-4-2)30-31-26-28-32(29-27-31)36-23-15-16-24-37(36)40-43-45-46(44-40)42(33-17-9-6-10-18-33,34-19-11-7-12-20-34)35-21-13-8-14-22-35/h6-24,26-29,38H,3-5,25,30H2,1-2H3. The molecule has 0 saturated heterocycles. The molecule has 0 aliphatic rings. The van der Waals surface area contributed by atoms with E-state index < -0.39 is 17.4 Å². The summed E-state index contributed by atoms with van der Waals surface area (Å²) in [6.07, 6.45) is 2.33. The first-order valence-electron chi connectivity index (χ1n) is 16.9. The Morgan fingerprint density at radius 3 is 1.76 bits per heavy atom.